The fourth-order valence-corrected chi connectivity index (χ4v) is 2.39. The van der Waals surface area contributed by atoms with E-state index in [1.54, 1.807) is 6.33 Å². The van der Waals surface area contributed by atoms with Gasteiger partial charge < -0.3 is 10.6 Å². The average molecular weight is 335 g/mol. The van der Waals surface area contributed by atoms with E-state index in [0.29, 0.717) is 0 Å². The summed E-state index contributed by atoms with van der Waals surface area (Å²) in [5.41, 5.74) is 3.34. The largest absolute Gasteiger partial charge is 0.370 e. The molecule has 2 rings (SSSR count). The molecule has 0 amide bonds. The van der Waals surface area contributed by atoms with Gasteiger partial charge in [0, 0.05) is 22.3 Å². The fraction of sp³-hybridized carbons (Fsp3) is 0.333. The van der Waals surface area contributed by atoms with Crippen molar-refractivity contribution >= 4 is 33.3 Å². The van der Waals surface area contributed by atoms with E-state index in [-0.39, 0.29) is 0 Å². The second kappa shape index (κ2) is 6.70. The van der Waals surface area contributed by atoms with Crippen LogP contribution >= 0.6 is 15.9 Å². The molecule has 4 nitrogen and oxygen atoms in total. The van der Waals surface area contributed by atoms with E-state index in [4.69, 9.17) is 0 Å². The highest BCUT2D eigenvalue weighted by Gasteiger charge is 2.10. The van der Waals surface area contributed by atoms with Crippen LogP contribution in [0.4, 0.5) is 17.3 Å². The van der Waals surface area contributed by atoms with E-state index in [9.17, 15) is 0 Å². The maximum Gasteiger partial charge on any atom is 0.139 e. The van der Waals surface area contributed by atoms with Crippen LogP contribution in [0.25, 0.3) is 0 Å². The van der Waals surface area contributed by atoms with Crippen molar-refractivity contribution in [2.45, 2.75) is 27.2 Å². The lowest BCUT2D eigenvalue weighted by Crippen LogP contribution is -2.07. The van der Waals surface area contributed by atoms with Crippen LogP contribution < -0.4 is 10.6 Å². The van der Waals surface area contributed by atoms with Gasteiger partial charge in [0.25, 0.3) is 0 Å². The van der Waals surface area contributed by atoms with Gasteiger partial charge in [0.1, 0.15) is 18.0 Å². The number of hydrogen-bond donors (Lipinski definition) is 2. The van der Waals surface area contributed by atoms with Crippen LogP contribution in [0, 0.1) is 6.92 Å². The Morgan fingerprint density at radius 3 is 2.60 bits per heavy atom. The first-order valence-corrected chi connectivity index (χ1v) is 7.55. The lowest BCUT2D eigenvalue weighted by Gasteiger charge is -2.15. The molecule has 106 valence electrons. The van der Waals surface area contributed by atoms with E-state index in [0.717, 1.165) is 40.3 Å². The Hall–Kier alpha value is -1.62. The predicted octanol–water partition coefficient (Wildman–Crippen LogP) is 4.29. The van der Waals surface area contributed by atoms with Crippen molar-refractivity contribution < 1.29 is 0 Å². The van der Waals surface area contributed by atoms with Crippen LogP contribution in [0.2, 0.25) is 0 Å². The third-order valence-electron chi connectivity index (χ3n) is 3.10. The number of anilines is 3. The highest BCUT2D eigenvalue weighted by atomic mass is 79.9. The Kier molecular flexibility index (Phi) is 4.95. The zero-order valence-electron chi connectivity index (χ0n) is 12.0. The Labute approximate surface area is 128 Å². The van der Waals surface area contributed by atoms with Crippen molar-refractivity contribution in [2.75, 3.05) is 17.2 Å². The van der Waals surface area contributed by atoms with Gasteiger partial charge in [-0.3, -0.25) is 0 Å². The van der Waals surface area contributed by atoms with Gasteiger partial charge in [-0.25, -0.2) is 9.97 Å². The van der Waals surface area contributed by atoms with Crippen molar-refractivity contribution in [1.82, 2.24) is 9.97 Å². The molecule has 0 aliphatic heterocycles. The summed E-state index contributed by atoms with van der Waals surface area (Å²) in [6.07, 6.45) is 2.46. The third kappa shape index (κ3) is 3.28. The van der Waals surface area contributed by atoms with Crippen LogP contribution in [0.1, 0.15) is 25.0 Å². The number of hydrogen-bond acceptors (Lipinski definition) is 4. The zero-order chi connectivity index (χ0) is 14.5. The van der Waals surface area contributed by atoms with E-state index in [2.05, 4.69) is 69.4 Å². The number of rotatable bonds is 5. The first-order chi connectivity index (χ1) is 9.65. The van der Waals surface area contributed by atoms with E-state index >= 15 is 0 Å². The van der Waals surface area contributed by atoms with Crippen molar-refractivity contribution in [3.05, 3.63) is 40.1 Å². The molecule has 0 saturated heterocycles. The summed E-state index contributed by atoms with van der Waals surface area (Å²) in [4.78, 5) is 8.69. The molecule has 0 bridgehead atoms. The topological polar surface area (TPSA) is 49.8 Å². The van der Waals surface area contributed by atoms with Gasteiger partial charge in [0.2, 0.25) is 0 Å². The van der Waals surface area contributed by atoms with E-state index < -0.39 is 0 Å². The number of halogens is 1. The van der Waals surface area contributed by atoms with Gasteiger partial charge in [-0.05, 0) is 38.0 Å². The third-order valence-corrected chi connectivity index (χ3v) is 3.59. The molecule has 0 fully saturated rings. The molecule has 0 atom stereocenters. The van der Waals surface area contributed by atoms with Crippen LogP contribution in [0.15, 0.2) is 29.0 Å². The molecule has 0 aliphatic rings. The first-order valence-electron chi connectivity index (χ1n) is 6.76. The van der Waals surface area contributed by atoms with Crippen molar-refractivity contribution in [3.63, 3.8) is 0 Å². The van der Waals surface area contributed by atoms with Gasteiger partial charge in [-0.15, -0.1) is 0 Å². The molecule has 20 heavy (non-hydrogen) atoms. The van der Waals surface area contributed by atoms with E-state index in [1.165, 1.54) is 5.56 Å². The Balaban J connectivity index is 2.37. The SMILES string of the molecule is CCNc1ncnc(Nc2cc(Br)ccc2C)c1CC. The number of benzene rings is 1. The lowest BCUT2D eigenvalue weighted by atomic mass is 10.1. The average Bonchev–Trinajstić information content (AvgIpc) is 2.43. The second-order valence-corrected chi connectivity index (χ2v) is 5.43. The molecule has 2 N–H and O–H groups in total. The first kappa shape index (κ1) is 14.8. The van der Waals surface area contributed by atoms with Gasteiger partial charge in [0.05, 0.1) is 0 Å². The molecule has 5 heteroatoms. The van der Waals surface area contributed by atoms with Gasteiger partial charge in [0.15, 0.2) is 0 Å². The van der Waals surface area contributed by atoms with Crippen LogP contribution in [0.3, 0.4) is 0 Å². The van der Waals surface area contributed by atoms with Crippen molar-refractivity contribution in [2.24, 2.45) is 0 Å². The summed E-state index contributed by atoms with van der Waals surface area (Å²) in [6.45, 7) is 7.09. The zero-order valence-corrected chi connectivity index (χ0v) is 13.6. The molecule has 0 unspecified atom stereocenters. The molecule has 0 radical (unpaired) electrons. The summed E-state index contributed by atoms with van der Waals surface area (Å²) in [5.74, 6) is 1.76. The summed E-state index contributed by atoms with van der Waals surface area (Å²) in [5, 5.41) is 6.69. The van der Waals surface area contributed by atoms with Crippen LogP contribution in [0.5, 0.6) is 0 Å². The Morgan fingerprint density at radius 1 is 1.15 bits per heavy atom. The van der Waals surface area contributed by atoms with Gasteiger partial charge in [-0.1, -0.05) is 28.9 Å². The minimum Gasteiger partial charge on any atom is -0.370 e. The summed E-state index contributed by atoms with van der Waals surface area (Å²) >= 11 is 3.50. The molecule has 2 aromatic rings. The lowest BCUT2D eigenvalue weighted by molar-refractivity contribution is 1.03. The van der Waals surface area contributed by atoms with Gasteiger partial charge in [-0.2, -0.15) is 0 Å². The molecule has 1 aromatic carbocycles. The maximum atomic E-state index is 4.38. The fourth-order valence-electron chi connectivity index (χ4n) is 2.03. The normalized spacial score (nSPS) is 10.4. The van der Waals surface area contributed by atoms with E-state index in [1.807, 2.05) is 6.07 Å². The molecule has 0 spiro atoms. The monoisotopic (exact) mass is 334 g/mol. The summed E-state index contributed by atoms with van der Waals surface area (Å²) < 4.78 is 1.05. The maximum absolute atomic E-state index is 4.38. The highest BCUT2D eigenvalue weighted by molar-refractivity contribution is 9.10. The number of aryl methyl sites for hydroxylation is 1. The smallest absolute Gasteiger partial charge is 0.139 e. The van der Waals surface area contributed by atoms with Crippen molar-refractivity contribution in [1.29, 1.82) is 0 Å². The summed E-state index contributed by atoms with van der Waals surface area (Å²) in [6, 6.07) is 6.17. The second-order valence-electron chi connectivity index (χ2n) is 4.52. The molecule has 0 aliphatic carbocycles. The predicted molar refractivity (Wildman–Crippen MR) is 87.7 cm³/mol. The minimum atomic E-state index is 0.847. The number of nitrogens with zero attached hydrogens (tertiary/aromatic N) is 2. The molecule has 0 saturated carbocycles. The quantitative estimate of drug-likeness (QED) is 0.856. The van der Waals surface area contributed by atoms with Crippen LogP contribution in [-0.4, -0.2) is 16.5 Å². The number of aromatic nitrogens is 2. The molecule has 1 heterocycles. The van der Waals surface area contributed by atoms with Gasteiger partial charge >= 0.3 is 0 Å². The summed E-state index contributed by atoms with van der Waals surface area (Å²) in [7, 11) is 0. The molecular formula is C15H19BrN4. The minimum absolute atomic E-state index is 0.847. The Bertz CT molecular complexity index is 598. The molecular weight excluding hydrogens is 316 g/mol. The highest BCUT2D eigenvalue weighted by Crippen LogP contribution is 2.27. The number of nitrogens with one attached hydrogen (secondary N) is 2. The molecule has 1 aromatic heterocycles. The van der Waals surface area contributed by atoms with Crippen LogP contribution in [-0.2, 0) is 6.42 Å². The Morgan fingerprint density at radius 2 is 1.90 bits per heavy atom. The van der Waals surface area contributed by atoms with Crippen molar-refractivity contribution in [3.8, 4) is 0 Å². The standard InChI is InChI=1S/C15H19BrN4/c1-4-12-14(17-5-2)18-9-19-15(12)20-13-8-11(16)7-6-10(13)3/h6-9H,4-5H2,1-3H3,(H2,17,18,19,20).